The van der Waals surface area contributed by atoms with Crippen LogP contribution in [0.4, 0.5) is 5.82 Å². The summed E-state index contributed by atoms with van der Waals surface area (Å²) in [6, 6.07) is 8.42. The number of aromatic nitrogens is 2. The van der Waals surface area contributed by atoms with Crippen molar-refractivity contribution < 1.29 is 9.47 Å². The lowest BCUT2D eigenvalue weighted by atomic mass is 9.78. The molecule has 2 aliphatic rings. The standard InChI is InChI=1S/C17H20N4O2/c1-21(8-11-2-3-15-16(4-11)23-10-22-15)17-7-14(19-9-20-17)12-5-13(18)6-12/h2-4,7,9,12-13H,5-6,8,10,18H2,1H3. The molecule has 4 rings (SSSR count). The van der Waals surface area contributed by atoms with Gasteiger partial charge in [-0.15, -0.1) is 0 Å². The molecule has 2 heterocycles. The fourth-order valence-corrected chi connectivity index (χ4v) is 3.09. The molecule has 0 bridgehead atoms. The maximum atomic E-state index is 5.87. The summed E-state index contributed by atoms with van der Waals surface area (Å²) < 4.78 is 10.8. The molecule has 1 saturated carbocycles. The highest BCUT2D eigenvalue weighted by Gasteiger charge is 2.28. The van der Waals surface area contributed by atoms with Crippen molar-refractivity contribution in [3.05, 3.63) is 41.9 Å². The fraction of sp³-hybridized carbons (Fsp3) is 0.412. The summed E-state index contributed by atoms with van der Waals surface area (Å²) in [6.07, 6.45) is 3.68. The largest absolute Gasteiger partial charge is 0.454 e. The summed E-state index contributed by atoms with van der Waals surface area (Å²) in [6.45, 7) is 1.05. The highest BCUT2D eigenvalue weighted by atomic mass is 16.7. The molecular weight excluding hydrogens is 292 g/mol. The lowest BCUT2D eigenvalue weighted by molar-refractivity contribution is 0.174. The molecule has 0 unspecified atom stereocenters. The number of hydrogen-bond donors (Lipinski definition) is 1. The van der Waals surface area contributed by atoms with Crippen molar-refractivity contribution in [2.24, 2.45) is 5.73 Å². The van der Waals surface area contributed by atoms with Crippen LogP contribution in [0.3, 0.4) is 0 Å². The van der Waals surface area contributed by atoms with Crippen molar-refractivity contribution in [2.75, 3.05) is 18.7 Å². The Morgan fingerprint density at radius 1 is 1.17 bits per heavy atom. The average Bonchev–Trinajstić information content (AvgIpc) is 2.99. The highest BCUT2D eigenvalue weighted by Crippen LogP contribution is 2.35. The van der Waals surface area contributed by atoms with E-state index >= 15 is 0 Å². The number of nitrogens with zero attached hydrogens (tertiary/aromatic N) is 3. The Morgan fingerprint density at radius 3 is 2.83 bits per heavy atom. The van der Waals surface area contributed by atoms with Gasteiger partial charge in [-0.05, 0) is 30.5 Å². The molecular formula is C17H20N4O2. The third-order valence-electron chi connectivity index (χ3n) is 4.51. The number of nitrogens with two attached hydrogens (primary N) is 1. The first-order valence-corrected chi connectivity index (χ1v) is 7.86. The molecule has 1 fully saturated rings. The van der Waals surface area contributed by atoms with E-state index in [0.29, 0.717) is 18.8 Å². The Balaban J connectivity index is 1.48. The Labute approximate surface area is 135 Å². The maximum absolute atomic E-state index is 5.87. The first-order valence-electron chi connectivity index (χ1n) is 7.86. The molecule has 0 amide bonds. The van der Waals surface area contributed by atoms with Crippen molar-refractivity contribution in [1.82, 2.24) is 9.97 Å². The molecule has 1 aliphatic heterocycles. The van der Waals surface area contributed by atoms with E-state index in [9.17, 15) is 0 Å². The predicted octanol–water partition coefficient (Wildman–Crippen LogP) is 2.05. The van der Waals surface area contributed by atoms with Gasteiger partial charge in [-0.1, -0.05) is 6.07 Å². The molecule has 23 heavy (non-hydrogen) atoms. The van der Waals surface area contributed by atoms with Gasteiger partial charge >= 0.3 is 0 Å². The van der Waals surface area contributed by atoms with Gasteiger partial charge in [0.05, 0.1) is 0 Å². The Bertz CT molecular complexity index is 715. The second-order valence-electron chi connectivity index (χ2n) is 6.27. The summed E-state index contributed by atoms with van der Waals surface area (Å²) in [7, 11) is 2.03. The number of rotatable bonds is 4. The zero-order valence-electron chi connectivity index (χ0n) is 13.1. The number of hydrogen-bond acceptors (Lipinski definition) is 6. The Kier molecular flexibility index (Phi) is 3.53. The van der Waals surface area contributed by atoms with E-state index < -0.39 is 0 Å². The van der Waals surface area contributed by atoms with Gasteiger partial charge in [-0.2, -0.15) is 0 Å². The number of fused-ring (bicyclic) bond motifs is 1. The molecule has 1 aromatic carbocycles. The molecule has 0 spiro atoms. The van der Waals surface area contributed by atoms with Crippen LogP contribution in [0.15, 0.2) is 30.6 Å². The Hall–Kier alpha value is -2.34. The summed E-state index contributed by atoms with van der Waals surface area (Å²) >= 11 is 0. The number of ether oxygens (including phenoxy) is 2. The van der Waals surface area contributed by atoms with Crippen LogP contribution in [0.2, 0.25) is 0 Å². The van der Waals surface area contributed by atoms with Gasteiger partial charge in [0.2, 0.25) is 6.79 Å². The Morgan fingerprint density at radius 2 is 2.00 bits per heavy atom. The van der Waals surface area contributed by atoms with E-state index in [1.807, 2.05) is 19.2 Å². The fourth-order valence-electron chi connectivity index (χ4n) is 3.09. The zero-order valence-corrected chi connectivity index (χ0v) is 13.1. The maximum Gasteiger partial charge on any atom is 0.231 e. The average molecular weight is 312 g/mol. The summed E-state index contributed by atoms with van der Waals surface area (Å²) in [5.74, 6) is 3.02. The SMILES string of the molecule is CN(Cc1ccc2c(c1)OCO2)c1cc(C2CC(N)C2)ncn1. The molecule has 6 nitrogen and oxygen atoms in total. The highest BCUT2D eigenvalue weighted by molar-refractivity contribution is 5.46. The second kappa shape index (κ2) is 5.70. The third-order valence-corrected chi connectivity index (χ3v) is 4.51. The minimum absolute atomic E-state index is 0.299. The van der Waals surface area contributed by atoms with Crippen LogP contribution in [0.25, 0.3) is 0 Å². The molecule has 0 saturated heterocycles. The van der Waals surface area contributed by atoms with Crippen LogP contribution in [0.5, 0.6) is 11.5 Å². The normalized spacial score (nSPS) is 21.8. The van der Waals surface area contributed by atoms with Crippen molar-refractivity contribution in [2.45, 2.75) is 31.3 Å². The summed E-state index contributed by atoms with van der Waals surface area (Å²) in [4.78, 5) is 10.9. The van der Waals surface area contributed by atoms with E-state index in [4.69, 9.17) is 15.2 Å². The molecule has 120 valence electrons. The van der Waals surface area contributed by atoms with Crippen molar-refractivity contribution in [3.63, 3.8) is 0 Å². The number of benzene rings is 1. The molecule has 2 aromatic rings. The lowest BCUT2D eigenvalue weighted by Crippen LogP contribution is -2.35. The molecule has 0 radical (unpaired) electrons. The van der Waals surface area contributed by atoms with Crippen LogP contribution in [0.1, 0.15) is 30.0 Å². The first kappa shape index (κ1) is 14.3. The van der Waals surface area contributed by atoms with E-state index in [0.717, 1.165) is 48.0 Å². The van der Waals surface area contributed by atoms with E-state index in [2.05, 4.69) is 27.0 Å². The van der Waals surface area contributed by atoms with Gasteiger partial charge in [0.1, 0.15) is 12.1 Å². The van der Waals surface area contributed by atoms with Gasteiger partial charge in [0.25, 0.3) is 0 Å². The minimum atomic E-state index is 0.299. The van der Waals surface area contributed by atoms with Crippen LogP contribution in [0, 0.1) is 0 Å². The third kappa shape index (κ3) is 2.82. The second-order valence-corrected chi connectivity index (χ2v) is 6.27. The van der Waals surface area contributed by atoms with E-state index in [1.165, 1.54) is 0 Å². The molecule has 2 N–H and O–H groups in total. The molecule has 0 atom stereocenters. The van der Waals surface area contributed by atoms with Gasteiger partial charge in [-0.3, -0.25) is 0 Å². The smallest absolute Gasteiger partial charge is 0.231 e. The predicted molar refractivity (Wildman–Crippen MR) is 86.7 cm³/mol. The van der Waals surface area contributed by atoms with Gasteiger partial charge in [0.15, 0.2) is 11.5 Å². The van der Waals surface area contributed by atoms with Crippen molar-refractivity contribution >= 4 is 5.82 Å². The van der Waals surface area contributed by atoms with Gasteiger partial charge in [0, 0.05) is 37.3 Å². The summed E-state index contributed by atoms with van der Waals surface area (Å²) in [5, 5.41) is 0. The molecule has 1 aromatic heterocycles. The van der Waals surface area contributed by atoms with Crippen LogP contribution in [-0.4, -0.2) is 29.9 Å². The summed E-state index contributed by atoms with van der Waals surface area (Å²) in [5.41, 5.74) is 8.12. The molecule has 6 heteroatoms. The van der Waals surface area contributed by atoms with E-state index in [-0.39, 0.29) is 0 Å². The molecule has 1 aliphatic carbocycles. The van der Waals surface area contributed by atoms with Gasteiger partial charge in [-0.25, -0.2) is 9.97 Å². The minimum Gasteiger partial charge on any atom is -0.454 e. The van der Waals surface area contributed by atoms with Crippen LogP contribution >= 0.6 is 0 Å². The zero-order chi connectivity index (χ0) is 15.8. The lowest BCUT2D eigenvalue weighted by Gasteiger charge is -2.32. The monoisotopic (exact) mass is 312 g/mol. The number of anilines is 1. The quantitative estimate of drug-likeness (QED) is 0.931. The van der Waals surface area contributed by atoms with Crippen molar-refractivity contribution in [3.8, 4) is 11.5 Å². The van der Waals surface area contributed by atoms with Gasteiger partial charge < -0.3 is 20.1 Å². The topological polar surface area (TPSA) is 73.5 Å². The first-order chi connectivity index (χ1) is 11.2. The van der Waals surface area contributed by atoms with Crippen LogP contribution < -0.4 is 20.1 Å². The van der Waals surface area contributed by atoms with Crippen molar-refractivity contribution in [1.29, 1.82) is 0 Å². The van der Waals surface area contributed by atoms with E-state index in [1.54, 1.807) is 6.33 Å². The van der Waals surface area contributed by atoms with Crippen LogP contribution in [-0.2, 0) is 6.54 Å².